The van der Waals surface area contributed by atoms with Crippen molar-refractivity contribution < 1.29 is 18.1 Å². The lowest BCUT2D eigenvalue weighted by atomic mass is 9.90. The zero-order valence-electron chi connectivity index (χ0n) is 19.7. The summed E-state index contributed by atoms with van der Waals surface area (Å²) < 4.78 is 30.0. The molecule has 0 radical (unpaired) electrons. The lowest BCUT2D eigenvalue weighted by Crippen LogP contribution is -2.50. The molecule has 1 aromatic carbocycles. The van der Waals surface area contributed by atoms with Crippen LogP contribution in [0.25, 0.3) is 0 Å². The van der Waals surface area contributed by atoms with E-state index >= 15 is 0 Å². The number of rotatable bonds is 6. The molecule has 1 aromatic rings. The van der Waals surface area contributed by atoms with E-state index in [4.69, 9.17) is 11.6 Å². The Bertz CT molecular complexity index is 969. The Hall–Kier alpha value is -0.800. The molecule has 1 heterocycles. The lowest BCUT2D eigenvalue weighted by molar-refractivity contribution is -0.609. The summed E-state index contributed by atoms with van der Waals surface area (Å²) in [4.78, 5) is 2.10. The third-order valence-corrected chi connectivity index (χ3v) is 10.6. The van der Waals surface area contributed by atoms with Gasteiger partial charge in [0.05, 0.1) is 29.4 Å². The molecule has 4 rings (SSSR count). The van der Waals surface area contributed by atoms with Crippen molar-refractivity contribution in [3.63, 3.8) is 0 Å². The standard InChI is InChI=1S/C24H37ClN3O3S2/c1-3-27-23(28(19-10-6-4-7-11-19)20-12-8-5-9-13-20)32-17-24(27,29)18-14-15-21(25)22(16-18)33(30,31)26-2/h14-16,19-20,26,29H,3-13,17H2,1-2H3/q+1. The van der Waals surface area contributed by atoms with Crippen LogP contribution in [0.4, 0.5) is 0 Å². The predicted molar refractivity (Wildman–Crippen MR) is 135 cm³/mol. The molecule has 2 aliphatic carbocycles. The fraction of sp³-hybridized carbons (Fsp3) is 0.708. The van der Waals surface area contributed by atoms with Crippen LogP contribution >= 0.6 is 23.4 Å². The molecule has 0 bridgehead atoms. The first-order valence-electron chi connectivity index (χ1n) is 12.3. The van der Waals surface area contributed by atoms with E-state index < -0.39 is 15.7 Å². The molecular formula is C24H37ClN3O3S2+. The van der Waals surface area contributed by atoms with E-state index in [-0.39, 0.29) is 9.92 Å². The minimum Gasteiger partial charge on any atom is -0.349 e. The third-order valence-electron chi connectivity index (χ3n) is 7.51. The van der Waals surface area contributed by atoms with Gasteiger partial charge >= 0.3 is 5.17 Å². The molecule has 0 amide bonds. The number of hydrogen-bond acceptors (Lipinski definition) is 4. The fourth-order valence-electron chi connectivity index (χ4n) is 5.73. The molecule has 2 N–H and O–H groups in total. The SMILES string of the molecule is CCN1C(=[N+](C2CCCCC2)C2CCCCC2)SCC1(O)c1ccc(Cl)c(S(=O)(=O)NC)c1. The Balaban J connectivity index is 1.78. The summed E-state index contributed by atoms with van der Waals surface area (Å²) >= 11 is 7.95. The van der Waals surface area contributed by atoms with Crippen molar-refractivity contribution in [2.75, 3.05) is 19.3 Å². The van der Waals surface area contributed by atoms with Crippen molar-refractivity contribution in [2.45, 2.75) is 93.8 Å². The summed E-state index contributed by atoms with van der Waals surface area (Å²) in [5.41, 5.74) is -0.712. The van der Waals surface area contributed by atoms with Crippen molar-refractivity contribution in [3.05, 3.63) is 28.8 Å². The summed E-state index contributed by atoms with van der Waals surface area (Å²) in [6, 6.07) is 5.91. The Kier molecular flexibility index (Phi) is 8.01. The van der Waals surface area contributed by atoms with Crippen LogP contribution < -0.4 is 4.72 Å². The number of halogens is 1. The molecule has 0 spiro atoms. The molecule has 1 aliphatic heterocycles. The molecule has 3 aliphatic rings. The van der Waals surface area contributed by atoms with E-state index in [1.807, 2.05) is 0 Å². The van der Waals surface area contributed by atoms with Gasteiger partial charge in [-0.3, -0.25) is 4.58 Å². The van der Waals surface area contributed by atoms with E-state index in [0.717, 1.165) is 5.17 Å². The van der Waals surface area contributed by atoms with Crippen LogP contribution in [-0.4, -0.2) is 59.6 Å². The summed E-state index contributed by atoms with van der Waals surface area (Å²) in [6.07, 6.45) is 12.5. The summed E-state index contributed by atoms with van der Waals surface area (Å²) in [5, 5.41) is 13.3. The van der Waals surface area contributed by atoms with Crippen LogP contribution in [0.1, 0.15) is 76.7 Å². The monoisotopic (exact) mass is 514 g/mol. The van der Waals surface area contributed by atoms with Gasteiger partial charge in [-0.2, -0.15) is 0 Å². The van der Waals surface area contributed by atoms with Gasteiger partial charge in [0.1, 0.15) is 4.90 Å². The van der Waals surface area contributed by atoms with E-state index in [1.165, 1.54) is 77.3 Å². The van der Waals surface area contributed by atoms with E-state index in [1.54, 1.807) is 23.9 Å². The fourth-order valence-corrected chi connectivity index (χ4v) is 8.51. The number of thioether (sulfide) groups is 1. The number of aliphatic hydroxyl groups is 1. The number of nitrogens with one attached hydrogen (secondary N) is 1. The number of amidine groups is 1. The Morgan fingerprint density at radius 1 is 1.12 bits per heavy atom. The second-order valence-corrected chi connectivity index (χ2v) is 12.7. The van der Waals surface area contributed by atoms with Gasteiger partial charge in [0, 0.05) is 5.56 Å². The molecule has 2 saturated carbocycles. The second-order valence-electron chi connectivity index (χ2n) is 9.48. The average molecular weight is 515 g/mol. The minimum atomic E-state index is -3.73. The Labute approximate surface area is 207 Å². The molecule has 6 nitrogen and oxygen atoms in total. The summed E-state index contributed by atoms with van der Waals surface area (Å²) in [5.74, 6) is 0.465. The van der Waals surface area contributed by atoms with Crippen molar-refractivity contribution in [3.8, 4) is 0 Å². The smallest absolute Gasteiger partial charge is 0.311 e. The number of hydrogen-bond donors (Lipinski definition) is 2. The predicted octanol–water partition coefficient (Wildman–Crippen LogP) is 4.50. The first kappa shape index (κ1) is 25.3. The van der Waals surface area contributed by atoms with Gasteiger partial charge < -0.3 is 5.11 Å². The molecule has 33 heavy (non-hydrogen) atoms. The third kappa shape index (κ3) is 4.96. The van der Waals surface area contributed by atoms with Crippen LogP contribution in [-0.2, 0) is 15.7 Å². The van der Waals surface area contributed by atoms with Crippen molar-refractivity contribution in [1.82, 2.24) is 9.62 Å². The Morgan fingerprint density at radius 2 is 1.70 bits per heavy atom. The molecule has 1 atom stereocenters. The second kappa shape index (κ2) is 10.4. The van der Waals surface area contributed by atoms with Crippen LogP contribution in [0.15, 0.2) is 23.1 Å². The maximum Gasteiger partial charge on any atom is 0.311 e. The molecule has 0 aromatic heterocycles. The van der Waals surface area contributed by atoms with Gasteiger partial charge in [-0.15, -0.1) is 0 Å². The minimum absolute atomic E-state index is 0.00325. The summed E-state index contributed by atoms with van der Waals surface area (Å²) in [7, 11) is -2.36. The topological polar surface area (TPSA) is 72.6 Å². The maximum absolute atomic E-state index is 12.5. The van der Waals surface area contributed by atoms with Crippen LogP contribution in [0.2, 0.25) is 5.02 Å². The molecule has 3 fully saturated rings. The quantitative estimate of drug-likeness (QED) is 0.547. The highest BCUT2D eigenvalue weighted by Gasteiger charge is 2.53. The maximum atomic E-state index is 12.5. The average Bonchev–Trinajstić information content (AvgIpc) is 3.17. The highest BCUT2D eigenvalue weighted by Crippen LogP contribution is 2.42. The number of nitrogens with zero attached hydrogens (tertiary/aromatic N) is 2. The first-order chi connectivity index (χ1) is 15.8. The lowest BCUT2D eigenvalue weighted by Gasteiger charge is -2.35. The number of sulfonamides is 1. The van der Waals surface area contributed by atoms with Crippen molar-refractivity contribution in [1.29, 1.82) is 0 Å². The van der Waals surface area contributed by atoms with Gasteiger partial charge in [0.15, 0.2) is 0 Å². The Morgan fingerprint density at radius 3 is 2.21 bits per heavy atom. The summed E-state index contributed by atoms with van der Waals surface area (Å²) in [6.45, 7) is 2.71. The molecular weight excluding hydrogens is 478 g/mol. The van der Waals surface area contributed by atoms with Crippen LogP contribution in [0.3, 0.4) is 0 Å². The first-order valence-corrected chi connectivity index (χ1v) is 15.2. The van der Waals surface area contributed by atoms with Gasteiger partial charge in [0.25, 0.3) is 0 Å². The molecule has 184 valence electrons. The highest BCUT2D eigenvalue weighted by atomic mass is 35.5. The van der Waals surface area contributed by atoms with Crippen LogP contribution in [0.5, 0.6) is 0 Å². The van der Waals surface area contributed by atoms with E-state index in [9.17, 15) is 13.5 Å². The van der Waals surface area contributed by atoms with Gasteiger partial charge in [-0.05, 0) is 89.2 Å². The molecule has 9 heteroatoms. The van der Waals surface area contributed by atoms with Gasteiger partial charge in [-0.25, -0.2) is 18.0 Å². The molecule has 1 saturated heterocycles. The van der Waals surface area contributed by atoms with Gasteiger partial charge in [-0.1, -0.05) is 30.5 Å². The van der Waals surface area contributed by atoms with Gasteiger partial charge in [0.2, 0.25) is 15.7 Å². The zero-order valence-corrected chi connectivity index (χ0v) is 22.1. The number of benzene rings is 1. The normalized spacial score (nSPS) is 25.6. The van der Waals surface area contributed by atoms with Crippen molar-refractivity contribution >= 4 is 38.6 Å². The van der Waals surface area contributed by atoms with E-state index in [2.05, 4.69) is 21.1 Å². The highest BCUT2D eigenvalue weighted by molar-refractivity contribution is 8.13. The largest absolute Gasteiger partial charge is 0.349 e. The molecule has 1 unspecified atom stereocenters. The zero-order chi connectivity index (χ0) is 23.6. The van der Waals surface area contributed by atoms with Crippen molar-refractivity contribution in [2.24, 2.45) is 0 Å². The van der Waals surface area contributed by atoms with Crippen LogP contribution in [0, 0.1) is 0 Å². The van der Waals surface area contributed by atoms with E-state index in [0.29, 0.717) is 29.9 Å².